The maximum absolute atomic E-state index is 13.5. The Hall–Kier alpha value is -2.70. The molecule has 4 rings (SSSR count). The van der Waals surface area contributed by atoms with Gasteiger partial charge in [-0.15, -0.1) is 0 Å². The summed E-state index contributed by atoms with van der Waals surface area (Å²) < 4.78 is 0. The van der Waals surface area contributed by atoms with Crippen molar-refractivity contribution in [1.29, 1.82) is 0 Å². The quantitative estimate of drug-likeness (QED) is 0.652. The van der Waals surface area contributed by atoms with Gasteiger partial charge in [0.1, 0.15) is 0 Å². The van der Waals surface area contributed by atoms with Crippen molar-refractivity contribution in [2.24, 2.45) is 17.1 Å². The van der Waals surface area contributed by atoms with Crippen molar-refractivity contribution >= 4 is 11.8 Å². The number of nitrogens with one attached hydrogen (secondary N) is 2. The first-order chi connectivity index (χ1) is 15.4. The zero-order valence-electron chi connectivity index (χ0n) is 19.0. The topological polar surface area (TPSA) is 87.5 Å². The van der Waals surface area contributed by atoms with Crippen LogP contribution < -0.4 is 16.4 Å². The molecule has 2 aromatic carbocycles. The molecule has 0 saturated carbocycles. The number of hydrogen-bond donors (Lipinski definition) is 3. The van der Waals surface area contributed by atoms with Gasteiger partial charge in [0.05, 0.1) is 18.5 Å². The molecule has 2 amide bonds. The lowest BCUT2D eigenvalue weighted by atomic mass is 9.62. The second kappa shape index (κ2) is 9.43. The van der Waals surface area contributed by atoms with Crippen LogP contribution in [0.5, 0.6) is 0 Å². The highest BCUT2D eigenvalue weighted by atomic mass is 16.2. The van der Waals surface area contributed by atoms with E-state index in [9.17, 15) is 9.59 Å². The third kappa shape index (κ3) is 4.43. The van der Waals surface area contributed by atoms with Crippen molar-refractivity contribution < 1.29 is 9.59 Å². The summed E-state index contributed by atoms with van der Waals surface area (Å²) in [6.45, 7) is 6.13. The Labute approximate surface area is 190 Å². The molecule has 2 aliphatic rings. The predicted octanol–water partition coefficient (Wildman–Crippen LogP) is 2.39. The summed E-state index contributed by atoms with van der Waals surface area (Å²) in [5.41, 5.74) is 8.89. The highest BCUT2D eigenvalue weighted by Gasteiger charge is 2.56. The highest BCUT2D eigenvalue weighted by molar-refractivity contribution is 5.82. The molecule has 1 fully saturated rings. The van der Waals surface area contributed by atoms with Crippen molar-refractivity contribution in [3.63, 3.8) is 0 Å². The number of nitrogens with zero attached hydrogens (tertiary/aromatic N) is 1. The van der Waals surface area contributed by atoms with E-state index in [4.69, 9.17) is 5.73 Å². The van der Waals surface area contributed by atoms with Gasteiger partial charge in [-0.25, -0.2) is 0 Å². The Balaban J connectivity index is 1.73. The van der Waals surface area contributed by atoms with Gasteiger partial charge >= 0.3 is 0 Å². The number of carbonyl (C=O) groups is 2. The van der Waals surface area contributed by atoms with E-state index in [1.165, 1.54) is 11.1 Å². The molecule has 0 aromatic heterocycles. The average molecular weight is 435 g/mol. The van der Waals surface area contributed by atoms with E-state index in [1.54, 1.807) is 0 Å². The summed E-state index contributed by atoms with van der Waals surface area (Å²) in [4.78, 5) is 28.3. The molecule has 0 bridgehead atoms. The van der Waals surface area contributed by atoms with E-state index in [-0.39, 0.29) is 41.8 Å². The Kier molecular flexibility index (Phi) is 6.63. The molecule has 1 aliphatic heterocycles. The van der Waals surface area contributed by atoms with Crippen LogP contribution in [0.2, 0.25) is 0 Å². The molecule has 0 radical (unpaired) electrons. The summed E-state index contributed by atoms with van der Waals surface area (Å²) in [6, 6.07) is 18.5. The molecular weight excluding hydrogens is 400 g/mol. The van der Waals surface area contributed by atoms with E-state index < -0.39 is 0 Å². The maximum Gasteiger partial charge on any atom is 0.234 e. The van der Waals surface area contributed by atoms with Crippen LogP contribution in [0, 0.1) is 11.3 Å². The normalized spacial score (nSPS) is 25.0. The van der Waals surface area contributed by atoms with Crippen LogP contribution >= 0.6 is 0 Å². The van der Waals surface area contributed by atoms with Crippen LogP contribution in [-0.2, 0) is 22.6 Å². The Morgan fingerprint density at radius 3 is 2.56 bits per heavy atom. The van der Waals surface area contributed by atoms with Crippen LogP contribution in [0.4, 0.5) is 0 Å². The first kappa shape index (κ1) is 22.5. The Morgan fingerprint density at radius 2 is 1.84 bits per heavy atom. The first-order valence-electron chi connectivity index (χ1n) is 11.6. The molecule has 1 spiro atoms. The fourth-order valence-corrected chi connectivity index (χ4v) is 5.57. The van der Waals surface area contributed by atoms with Gasteiger partial charge < -0.3 is 16.4 Å². The van der Waals surface area contributed by atoms with Crippen LogP contribution in [0.25, 0.3) is 0 Å². The first-order valence-corrected chi connectivity index (χ1v) is 11.6. The third-order valence-corrected chi connectivity index (χ3v) is 6.94. The van der Waals surface area contributed by atoms with Crippen molar-refractivity contribution in [3.05, 3.63) is 71.3 Å². The monoisotopic (exact) mass is 434 g/mol. The summed E-state index contributed by atoms with van der Waals surface area (Å²) in [6.07, 6.45) is 1.75. The number of amides is 2. The van der Waals surface area contributed by atoms with Crippen LogP contribution in [-0.4, -0.2) is 42.4 Å². The van der Waals surface area contributed by atoms with Gasteiger partial charge in [0.25, 0.3) is 0 Å². The largest absolute Gasteiger partial charge is 0.354 e. The lowest BCUT2D eigenvalue weighted by Gasteiger charge is -2.46. The van der Waals surface area contributed by atoms with Gasteiger partial charge in [0.15, 0.2) is 0 Å². The number of hydrogen-bond acceptors (Lipinski definition) is 4. The highest BCUT2D eigenvalue weighted by Crippen LogP contribution is 2.53. The minimum Gasteiger partial charge on any atom is -0.354 e. The van der Waals surface area contributed by atoms with Gasteiger partial charge in [0.2, 0.25) is 11.8 Å². The molecule has 3 atom stereocenters. The summed E-state index contributed by atoms with van der Waals surface area (Å²) >= 11 is 0. The summed E-state index contributed by atoms with van der Waals surface area (Å²) in [7, 11) is 0. The van der Waals surface area contributed by atoms with Gasteiger partial charge in [-0.2, -0.15) is 0 Å². The van der Waals surface area contributed by atoms with E-state index in [2.05, 4.69) is 39.8 Å². The van der Waals surface area contributed by atoms with Gasteiger partial charge in [-0.1, -0.05) is 54.6 Å². The van der Waals surface area contributed by atoms with Gasteiger partial charge in [-0.05, 0) is 43.4 Å². The molecule has 170 valence electrons. The zero-order valence-corrected chi connectivity index (χ0v) is 19.0. The minimum absolute atomic E-state index is 0.0642. The van der Waals surface area contributed by atoms with Crippen molar-refractivity contribution in [2.45, 2.75) is 45.3 Å². The standard InChI is InChI=1S/C26H34N4O2/c1-18(2)28-25(32)22-16-30(15-19-8-4-3-5-9-19)17-26(22)13-12-20-10-6-7-11-21(20)24(26)29-23(31)14-27/h3-11,18,22,24H,12-17,27H2,1-2H3,(H,28,32)(H,29,31). The smallest absolute Gasteiger partial charge is 0.234 e. The van der Waals surface area contributed by atoms with Crippen molar-refractivity contribution in [1.82, 2.24) is 15.5 Å². The second-order valence-corrected chi connectivity index (χ2v) is 9.51. The SMILES string of the molecule is CC(C)NC(=O)C1CN(Cc2ccccc2)CC12CCc1ccccc1C2NC(=O)CN. The molecule has 4 N–H and O–H groups in total. The number of likely N-dealkylation sites (tertiary alicyclic amines) is 1. The average Bonchev–Trinajstić information content (AvgIpc) is 3.14. The number of carbonyl (C=O) groups excluding carboxylic acids is 2. The van der Waals surface area contributed by atoms with E-state index >= 15 is 0 Å². The number of nitrogens with two attached hydrogens (primary N) is 1. The van der Waals surface area contributed by atoms with Crippen LogP contribution in [0.15, 0.2) is 54.6 Å². The predicted molar refractivity (Wildman–Crippen MR) is 126 cm³/mol. The van der Waals surface area contributed by atoms with Gasteiger partial charge in [-0.3, -0.25) is 14.5 Å². The summed E-state index contributed by atoms with van der Waals surface area (Å²) in [5.74, 6) is -0.331. The molecule has 32 heavy (non-hydrogen) atoms. The van der Waals surface area contributed by atoms with Crippen molar-refractivity contribution in [3.8, 4) is 0 Å². The maximum atomic E-state index is 13.5. The lowest BCUT2D eigenvalue weighted by molar-refractivity contribution is -0.131. The molecule has 1 aliphatic carbocycles. The Bertz CT molecular complexity index is 961. The fourth-order valence-electron chi connectivity index (χ4n) is 5.57. The van der Waals surface area contributed by atoms with Gasteiger partial charge in [0, 0.05) is 31.1 Å². The molecule has 2 aromatic rings. The second-order valence-electron chi connectivity index (χ2n) is 9.51. The number of rotatable bonds is 6. The third-order valence-electron chi connectivity index (χ3n) is 6.94. The van der Waals surface area contributed by atoms with Crippen LogP contribution in [0.1, 0.15) is 43.0 Å². The Morgan fingerprint density at radius 1 is 1.12 bits per heavy atom. The molecule has 1 heterocycles. The number of fused-ring (bicyclic) bond motifs is 1. The minimum atomic E-state index is -0.382. The number of benzene rings is 2. The molecule has 1 saturated heterocycles. The van der Waals surface area contributed by atoms with E-state index in [0.29, 0.717) is 6.54 Å². The molecule has 3 unspecified atom stereocenters. The number of aryl methyl sites for hydroxylation is 1. The van der Waals surface area contributed by atoms with E-state index in [0.717, 1.165) is 31.5 Å². The van der Waals surface area contributed by atoms with Crippen LogP contribution in [0.3, 0.4) is 0 Å². The molecule has 6 heteroatoms. The van der Waals surface area contributed by atoms with E-state index in [1.807, 2.05) is 44.2 Å². The molecule has 6 nitrogen and oxygen atoms in total. The lowest BCUT2D eigenvalue weighted by Crippen LogP contribution is -2.53. The summed E-state index contributed by atoms with van der Waals surface area (Å²) in [5, 5.41) is 6.36. The zero-order chi connectivity index (χ0) is 22.7. The van der Waals surface area contributed by atoms with Crippen molar-refractivity contribution in [2.75, 3.05) is 19.6 Å². The fraction of sp³-hybridized carbons (Fsp3) is 0.462. The molecular formula is C26H34N4O2.